The molecule has 0 bridgehead atoms. The minimum Gasteiger partial charge on any atom is -0.303 e. The molecule has 0 aliphatic rings. The molecule has 0 spiro atoms. The number of carbonyl (C=O) groups is 1. The second-order valence-corrected chi connectivity index (χ2v) is 3.36. The molecule has 1 radical (unpaired) electrons. The van der Waals surface area contributed by atoms with E-state index >= 15 is 0 Å². The number of hydrogen-bond acceptors (Lipinski definition) is 1. The Morgan fingerprint density at radius 2 is 1.53 bits per heavy atom. The number of benzene rings is 2. The summed E-state index contributed by atoms with van der Waals surface area (Å²) in [6.07, 6.45) is 1.41. The molecule has 0 aliphatic heterocycles. The highest BCUT2D eigenvalue weighted by molar-refractivity contribution is 5.64. The Morgan fingerprint density at radius 1 is 0.933 bits per heavy atom. The summed E-state index contributed by atoms with van der Waals surface area (Å²) in [5.74, 6) is 0. The Balaban J connectivity index is 2.28. The first-order valence-corrected chi connectivity index (χ1v) is 4.89. The Kier molecular flexibility index (Phi) is 2.93. The van der Waals surface area contributed by atoms with Crippen LogP contribution < -0.4 is 0 Å². The average molecular weight is 195 g/mol. The van der Waals surface area contributed by atoms with Crippen LogP contribution in [0.25, 0.3) is 11.1 Å². The van der Waals surface area contributed by atoms with Crippen LogP contribution in [0.4, 0.5) is 0 Å². The second-order valence-electron chi connectivity index (χ2n) is 3.36. The Hall–Kier alpha value is -1.89. The summed E-state index contributed by atoms with van der Waals surface area (Å²) in [4.78, 5) is 10.3. The van der Waals surface area contributed by atoms with Crippen LogP contribution in [-0.4, -0.2) is 6.29 Å². The molecule has 0 heterocycles. The molecular formula is C14H11O. The molecule has 0 fully saturated rings. The summed E-state index contributed by atoms with van der Waals surface area (Å²) in [5, 5.41) is 0. The van der Waals surface area contributed by atoms with Gasteiger partial charge in [-0.2, -0.15) is 0 Å². The number of aldehydes is 1. The number of rotatable bonds is 3. The summed E-state index contributed by atoms with van der Waals surface area (Å²) in [5.41, 5.74) is 3.39. The lowest BCUT2D eigenvalue weighted by molar-refractivity contribution is -0.107. The molecule has 0 aromatic heterocycles. The number of carbonyl (C=O) groups excluding carboxylic acids is 1. The lowest BCUT2D eigenvalue weighted by Crippen LogP contribution is -1.85. The largest absolute Gasteiger partial charge is 0.303 e. The van der Waals surface area contributed by atoms with Crippen LogP contribution >= 0.6 is 0 Å². The molecule has 2 aromatic rings. The van der Waals surface area contributed by atoms with Crippen LogP contribution in [0.5, 0.6) is 0 Å². The van der Waals surface area contributed by atoms with Gasteiger partial charge in [-0.15, -0.1) is 0 Å². The predicted octanol–water partition coefficient (Wildman–Crippen LogP) is 2.90. The maximum atomic E-state index is 10.3. The van der Waals surface area contributed by atoms with E-state index in [0.29, 0.717) is 6.42 Å². The highest BCUT2D eigenvalue weighted by atomic mass is 16.1. The van der Waals surface area contributed by atoms with Crippen molar-refractivity contribution >= 4 is 6.29 Å². The lowest BCUT2D eigenvalue weighted by atomic mass is 10.0. The van der Waals surface area contributed by atoms with E-state index in [4.69, 9.17) is 0 Å². The maximum Gasteiger partial charge on any atom is 0.124 e. The number of hydrogen-bond donors (Lipinski definition) is 0. The molecule has 1 nitrogen and oxygen atoms in total. The van der Waals surface area contributed by atoms with Crippen LogP contribution in [0.2, 0.25) is 0 Å². The molecule has 15 heavy (non-hydrogen) atoms. The Morgan fingerprint density at radius 3 is 2.13 bits per heavy atom. The molecule has 0 unspecified atom stereocenters. The zero-order valence-corrected chi connectivity index (χ0v) is 8.31. The Labute approximate surface area is 89.4 Å². The second kappa shape index (κ2) is 4.56. The monoisotopic (exact) mass is 195 g/mol. The Bertz CT molecular complexity index is 429. The van der Waals surface area contributed by atoms with E-state index in [1.165, 1.54) is 11.1 Å². The summed E-state index contributed by atoms with van der Waals surface area (Å²) in [6.45, 7) is 0. The van der Waals surface area contributed by atoms with E-state index in [9.17, 15) is 4.79 Å². The van der Waals surface area contributed by atoms with Crippen molar-refractivity contribution in [3.05, 3.63) is 60.2 Å². The van der Waals surface area contributed by atoms with Crippen molar-refractivity contribution in [2.24, 2.45) is 0 Å². The highest BCUT2D eigenvalue weighted by Gasteiger charge is 1.96. The fourth-order valence-corrected chi connectivity index (χ4v) is 1.51. The van der Waals surface area contributed by atoms with Crippen molar-refractivity contribution in [3.63, 3.8) is 0 Å². The average Bonchev–Trinajstić information content (AvgIpc) is 2.32. The molecule has 0 aliphatic carbocycles. The normalized spacial score (nSPS) is 9.87. The van der Waals surface area contributed by atoms with Crippen LogP contribution in [-0.2, 0) is 11.2 Å². The molecule has 73 valence electrons. The van der Waals surface area contributed by atoms with E-state index < -0.39 is 0 Å². The van der Waals surface area contributed by atoms with Gasteiger partial charge in [0, 0.05) is 6.42 Å². The van der Waals surface area contributed by atoms with Gasteiger partial charge >= 0.3 is 0 Å². The lowest BCUT2D eigenvalue weighted by Gasteiger charge is -2.01. The van der Waals surface area contributed by atoms with Gasteiger partial charge in [-0.05, 0) is 22.8 Å². The van der Waals surface area contributed by atoms with E-state index in [0.717, 1.165) is 11.8 Å². The minimum atomic E-state index is 0.489. The van der Waals surface area contributed by atoms with Crippen molar-refractivity contribution in [2.45, 2.75) is 6.42 Å². The zero-order valence-electron chi connectivity index (χ0n) is 8.31. The first kappa shape index (κ1) is 9.66. The van der Waals surface area contributed by atoms with E-state index in [1.807, 2.05) is 48.5 Å². The molecule has 0 atom stereocenters. The SMILES string of the molecule is O=CCc1ccc(-c2cc[c]cc2)cc1. The van der Waals surface area contributed by atoms with E-state index in [1.54, 1.807) is 0 Å². The van der Waals surface area contributed by atoms with Crippen LogP contribution in [0, 0.1) is 6.07 Å². The molecule has 2 aromatic carbocycles. The summed E-state index contributed by atoms with van der Waals surface area (Å²) < 4.78 is 0. The van der Waals surface area contributed by atoms with Crippen molar-refractivity contribution in [1.82, 2.24) is 0 Å². The van der Waals surface area contributed by atoms with Crippen molar-refractivity contribution in [2.75, 3.05) is 0 Å². The topological polar surface area (TPSA) is 17.1 Å². The van der Waals surface area contributed by atoms with Gasteiger partial charge in [0.15, 0.2) is 0 Å². The van der Waals surface area contributed by atoms with Gasteiger partial charge in [0.2, 0.25) is 0 Å². The standard InChI is InChI=1S/C14H11O/c15-11-10-12-6-8-14(9-7-12)13-4-2-1-3-5-13/h2-9,11H,10H2. The third-order valence-corrected chi connectivity index (χ3v) is 2.32. The van der Waals surface area contributed by atoms with Crippen LogP contribution in [0.15, 0.2) is 48.5 Å². The first-order valence-electron chi connectivity index (χ1n) is 4.89. The van der Waals surface area contributed by atoms with Crippen LogP contribution in [0.1, 0.15) is 5.56 Å². The molecule has 0 N–H and O–H groups in total. The van der Waals surface area contributed by atoms with Crippen molar-refractivity contribution in [3.8, 4) is 11.1 Å². The fraction of sp³-hybridized carbons (Fsp3) is 0.0714. The highest BCUT2D eigenvalue weighted by Crippen LogP contribution is 2.18. The smallest absolute Gasteiger partial charge is 0.124 e. The van der Waals surface area contributed by atoms with E-state index in [2.05, 4.69) is 6.07 Å². The molecule has 1 heteroatoms. The molecule has 2 rings (SSSR count). The van der Waals surface area contributed by atoms with Crippen molar-refractivity contribution < 1.29 is 4.79 Å². The molecule has 0 saturated carbocycles. The first-order chi connectivity index (χ1) is 7.40. The van der Waals surface area contributed by atoms with Crippen LogP contribution in [0.3, 0.4) is 0 Å². The molecule has 0 saturated heterocycles. The molecule has 0 amide bonds. The van der Waals surface area contributed by atoms with E-state index in [-0.39, 0.29) is 0 Å². The summed E-state index contributed by atoms with van der Waals surface area (Å²) in [7, 11) is 0. The summed E-state index contributed by atoms with van der Waals surface area (Å²) >= 11 is 0. The van der Waals surface area contributed by atoms with Crippen molar-refractivity contribution in [1.29, 1.82) is 0 Å². The molecular weight excluding hydrogens is 184 g/mol. The third-order valence-electron chi connectivity index (χ3n) is 2.32. The van der Waals surface area contributed by atoms with Gasteiger partial charge in [0.05, 0.1) is 0 Å². The maximum absolute atomic E-state index is 10.3. The van der Waals surface area contributed by atoms with Gasteiger partial charge < -0.3 is 4.79 Å². The van der Waals surface area contributed by atoms with Gasteiger partial charge in [-0.1, -0.05) is 48.5 Å². The quantitative estimate of drug-likeness (QED) is 0.688. The van der Waals surface area contributed by atoms with Gasteiger partial charge in [-0.25, -0.2) is 0 Å². The third kappa shape index (κ3) is 2.32. The fourth-order valence-electron chi connectivity index (χ4n) is 1.51. The minimum absolute atomic E-state index is 0.489. The van der Waals surface area contributed by atoms with Gasteiger partial charge in [0.25, 0.3) is 0 Å². The summed E-state index contributed by atoms with van der Waals surface area (Å²) in [6, 6.07) is 18.9. The van der Waals surface area contributed by atoms with Gasteiger partial charge in [-0.3, -0.25) is 0 Å². The predicted molar refractivity (Wildman–Crippen MR) is 60.5 cm³/mol. The van der Waals surface area contributed by atoms with Gasteiger partial charge in [0.1, 0.15) is 6.29 Å². The zero-order chi connectivity index (χ0) is 10.5.